The third-order valence-electron chi connectivity index (χ3n) is 8.47. The van der Waals surface area contributed by atoms with Crippen LogP contribution in [-0.2, 0) is 32.2 Å². The van der Waals surface area contributed by atoms with Gasteiger partial charge in [-0.15, -0.1) is 0 Å². The Morgan fingerprint density at radius 2 is 1.39 bits per heavy atom. The number of alkyl halides is 3. The minimum Gasteiger partial charge on any atom is -0.386 e. The highest BCUT2D eigenvalue weighted by atomic mass is 32.2. The molecule has 0 radical (unpaired) electrons. The number of carbonyl (C=O) groups is 3. The predicted octanol–water partition coefficient (Wildman–Crippen LogP) is 6.74. The van der Waals surface area contributed by atoms with Gasteiger partial charge in [-0.25, -0.2) is 18.1 Å². The maximum absolute atomic E-state index is 14.3. The highest BCUT2D eigenvalue weighted by Gasteiger charge is 2.34. The van der Waals surface area contributed by atoms with Crippen molar-refractivity contribution in [2.75, 3.05) is 18.4 Å². The van der Waals surface area contributed by atoms with E-state index in [-0.39, 0.29) is 40.1 Å². The molecule has 0 aliphatic carbocycles. The Hall–Kier alpha value is -5.22. The van der Waals surface area contributed by atoms with Crippen LogP contribution < -0.4 is 10.0 Å². The van der Waals surface area contributed by atoms with Crippen LogP contribution in [0.15, 0.2) is 107 Å². The van der Waals surface area contributed by atoms with Crippen LogP contribution in [0.3, 0.4) is 0 Å². The Bertz CT molecular complexity index is 2210. The van der Waals surface area contributed by atoms with Crippen LogP contribution >= 0.6 is 11.3 Å². The van der Waals surface area contributed by atoms with Crippen molar-refractivity contribution in [3.8, 4) is 22.3 Å². The number of anilines is 1. The average molecular weight is 779 g/mol. The minimum absolute atomic E-state index is 0.00500. The third-order valence-corrected chi connectivity index (χ3v) is 11.6. The molecule has 3 N–H and O–H groups in total. The summed E-state index contributed by atoms with van der Waals surface area (Å²) in [5.74, 6) is -1.74. The fourth-order valence-electron chi connectivity index (χ4n) is 5.75. The molecule has 5 aromatic rings. The first kappa shape index (κ1) is 40.0. The van der Waals surface area contributed by atoms with E-state index in [1.165, 1.54) is 49.9 Å². The molecule has 1 unspecified atom stereocenters. The second kappa shape index (κ2) is 16.8. The summed E-state index contributed by atoms with van der Waals surface area (Å²) in [4.78, 5) is 44.7. The van der Waals surface area contributed by atoms with E-state index in [0.29, 0.717) is 16.7 Å². The fraction of sp³-hybridized carbons (Fsp3) is 0.231. The average Bonchev–Trinajstić information content (AvgIpc) is 3.52. The van der Waals surface area contributed by atoms with Crippen molar-refractivity contribution < 1.29 is 41.1 Å². The van der Waals surface area contributed by atoms with E-state index in [2.05, 4.69) is 15.0 Å². The van der Waals surface area contributed by atoms with Crippen molar-refractivity contribution in [1.82, 2.24) is 14.6 Å². The Morgan fingerprint density at radius 1 is 0.852 bits per heavy atom. The molecule has 54 heavy (non-hydrogen) atoms. The molecule has 5 rings (SSSR count). The zero-order valence-electron chi connectivity index (χ0n) is 29.4. The van der Waals surface area contributed by atoms with Gasteiger partial charge in [-0.2, -0.15) is 13.2 Å². The van der Waals surface area contributed by atoms with E-state index in [1.54, 1.807) is 12.1 Å². The van der Waals surface area contributed by atoms with Gasteiger partial charge in [0.2, 0.25) is 5.91 Å². The zero-order valence-corrected chi connectivity index (χ0v) is 31.1. The number of sulfonamides is 1. The molecular weight excluding hydrogens is 742 g/mol. The summed E-state index contributed by atoms with van der Waals surface area (Å²) < 4.78 is 68.3. The number of amides is 2. The van der Waals surface area contributed by atoms with E-state index in [9.17, 15) is 41.1 Å². The number of ketones is 1. The molecule has 0 aliphatic rings. The van der Waals surface area contributed by atoms with Crippen molar-refractivity contribution >= 4 is 44.1 Å². The summed E-state index contributed by atoms with van der Waals surface area (Å²) in [5, 5.41) is 13.0. The first-order valence-corrected chi connectivity index (χ1v) is 19.0. The molecule has 2 amide bonds. The smallest absolute Gasteiger partial charge is 0.386 e. The van der Waals surface area contributed by atoms with Crippen LogP contribution in [0.1, 0.15) is 41.0 Å². The number of nitrogens with one attached hydrogen (secondary N) is 2. The summed E-state index contributed by atoms with van der Waals surface area (Å²) in [6, 6.07) is 26.4. The molecule has 0 aliphatic heterocycles. The largest absolute Gasteiger partial charge is 0.416 e. The molecule has 0 bridgehead atoms. The number of aromatic nitrogens is 1. The van der Waals surface area contributed by atoms with Gasteiger partial charge >= 0.3 is 6.18 Å². The first-order valence-electron chi connectivity index (χ1n) is 16.7. The number of Topliss-reactive ketones (excluding diaryl/α,β-unsaturated/α-hetero) is 1. The van der Waals surface area contributed by atoms with Gasteiger partial charge < -0.3 is 15.3 Å². The van der Waals surface area contributed by atoms with Crippen LogP contribution in [0.2, 0.25) is 0 Å². The molecule has 282 valence electrons. The number of hydrogen-bond acceptors (Lipinski definition) is 8. The van der Waals surface area contributed by atoms with Gasteiger partial charge in [0.05, 0.1) is 17.3 Å². The molecule has 0 saturated carbocycles. The van der Waals surface area contributed by atoms with Gasteiger partial charge in [0.15, 0.2) is 15.1 Å². The zero-order chi connectivity index (χ0) is 39.2. The molecule has 0 fully saturated rings. The second-order valence-corrected chi connectivity index (χ2v) is 15.4. The number of hydrogen-bond donors (Lipinski definition) is 3. The van der Waals surface area contributed by atoms with E-state index < -0.39 is 51.5 Å². The van der Waals surface area contributed by atoms with Crippen LogP contribution in [0.4, 0.5) is 18.3 Å². The lowest BCUT2D eigenvalue weighted by Gasteiger charge is -2.32. The Morgan fingerprint density at radius 3 is 1.93 bits per heavy atom. The van der Waals surface area contributed by atoms with Gasteiger partial charge in [0, 0.05) is 32.0 Å². The summed E-state index contributed by atoms with van der Waals surface area (Å²) >= 11 is 0.758. The molecule has 2 atom stereocenters. The molecule has 15 heteroatoms. The number of aryl methyl sites for hydroxylation is 1. The quantitative estimate of drug-likeness (QED) is 0.113. The number of carbonyl (C=O) groups excluding carboxylic acids is 3. The van der Waals surface area contributed by atoms with E-state index >= 15 is 0 Å². The lowest BCUT2D eigenvalue weighted by atomic mass is 9.95. The fourth-order valence-corrected chi connectivity index (χ4v) is 8.28. The maximum atomic E-state index is 14.3. The molecule has 10 nitrogen and oxygen atoms in total. The van der Waals surface area contributed by atoms with E-state index in [4.69, 9.17) is 0 Å². The molecule has 0 saturated heterocycles. The maximum Gasteiger partial charge on any atom is 0.416 e. The third kappa shape index (κ3) is 9.85. The standard InChI is InChI=1S/C39H37F3N4O6S2/c1-24-37(53-38(44-24)45-26(3)48)54(51,52)43-21-22-46(36(50)32-15-13-30(14-16-32)31-17-19-33(20-18-31)39(40,41)42)34(35(49)25(2)47)23-27-9-11-29(12-10-27)28-7-5-4-6-8-28/h4-20,25,34,43,47H,21-23H2,1-3H3,(H,44,45,48)/t25?,34-/m0/s1. The number of thiazole rings is 1. The number of rotatable bonds is 14. The van der Waals surface area contributed by atoms with Gasteiger partial charge in [0.1, 0.15) is 6.10 Å². The van der Waals surface area contributed by atoms with Gasteiger partial charge in [0.25, 0.3) is 15.9 Å². The van der Waals surface area contributed by atoms with Crippen molar-refractivity contribution in [2.24, 2.45) is 0 Å². The molecular formula is C39H37F3N4O6S2. The predicted molar refractivity (Wildman–Crippen MR) is 200 cm³/mol. The highest BCUT2D eigenvalue weighted by Crippen LogP contribution is 2.31. The van der Waals surface area contributed by atoms with E-state index in [0.717, 1.165) is 34.6 Å². The van der Waals surface area contributed by atoms with Crippen molar-refractivity contribution in [3.63, 3.8) is 0 Å². The normalized spacial score (nSPS) is 12.9. The number of aliphatic hydroxyl groups excluding tert-OH is 1. The van der Waals surface area contributed by atoms with Crippen LogP contribution in [-0.4, -0.2) is 66.2 Å². The SMILES string of the molecule is CC(=O)Nc1nc(C)c(S(=O)(=O)NCCN(C(=O)c2ccc(-c3ccc(C(F)(F)F)cc3)cc2)[C@@H](Cc2ccc(-c3ccccc3)cc2)C(=O)C(C)O)s1. The molecule has 1 heterocycles. The number of halogens is 3. The monoisotopic (exact) mass is 778 g/mol. The highest BCUT2D eigenvalue weighted by molar-refractivity contribution is 7.91. The molecule has 1 aromatic heterocycles. The lowest BCUT2D eigenvalue weighted by molar-refractivity contribution is -0.137. The number of benzene rings is 4. The van der Waals surface area contributed by atoms with Crippen LogP contribution in [0, 0.1) is 6.92 Å². The van der Waals surface area contributed by atoms with Crippen LogP contribution in [0.25, 0.3) is 22.3 Å². The van der Waals surface area contributed by atoms with Gasteiger partial charge in [-0.3, -0.25) is 14.4 Å². The topological polar surface area (TPSA) is 146 Å². The summed E-state index contributed by atoms with van der Waals surface area (Å²) in [6.45, 7) is 3.40. The van der Waals surface area contributed by atoms with Gasteiger partial charge in [-0.1, -0.05) is 90.2 Å². The Labute approximate surface area is 314 Å². The van der Waals surface area contributed by atoms with Crippen molar-refractivity contribution in [1.29, 1.82) is 0 Å². The Kier molecular flexibility index (Phi) is 12.5. The van der Waals surface area contributed by atoms with E-state index in [1.807, 2.05) is 54.6 Å². The van der Waals surface area contributed by atoms with Crippen molar-refractivity contribution in [2.45, 2.75) is 49.7 Å². The second-order valence-electron chi connectivity index (χ2n) is 12.5. The summed E-state index contributed by atoms with van der Waals surface area (Å²) in [5.41, 5.74) is 3.07. The summed E-state index contributed by atoms with van der Waals surface area (Å²) in [6.07, 6.45) is -5.97. The number of nitrogens with zero attached hydrogens (tertiary/aromatic N) is 2. The van der Waals surface area contributed by atoms with Crippen molar-refractivity contribution in [3.05, 3.63) is 126 Å². The minimum atomic E-state index is -4.49. The van der Waals surface area contributed by atoms with Gasteiger partial charge in [-0.05, 0) is 65.9 Å². The summed E-state index contributed by atoms with van der Waals surface area (Å²) in [7, 11) is -4.18. The first-order chi connectivity index (χ1) is 25.5. The lowest BCUT2D eigenvalue weighted by Crippen LogP contribution is -2.51. The molecule has 0 spiro atoms. The molecule has 4 aromatic carbocycles. The van der Waals surface area contributed by atoms with Crippen LogP contribution in [0.5, 0.6) is 0 Å². The Balaban J connectivity index is 1.45. The number of aliphatic hydroxyl groups is 1.